The first-order valence-electron chi connectivity index (χ1n) is 25.2. The standard InChI is InChI=1S/C15H22ClN.2C15H23N.C13H19N/c1-12(2)17-9-7-14(8-10-17)11-13-3-5-15(16)6-4-13;1-13(2)15-8-10-16(11-9-15)12-14-6-4-3-5-7-14;1-13(2)16-10-8-15(9-11-16)12-14-6-4-3-5-7-14;1-11(2)13-9-14(10-13)8-12-6-4-3-5-7-12/h3-6,12,14H,7-11H2,1-2H3;2*3-7,13,15H,8-12H2,1-2H3;3-7,11,13H,8-10H2,1-2H3. The van der Waals surface area contributed by atoms with E-state index in [9.17, 15) is 0 Å². The Bertz CT molecular complexity index is 1670. The molecular weight excluding hydrogens is 788 g/mol. The van der Waals surface area contributed by atoms with Crippen molar-refractivity contribution in [3.05, 3.63) is 143 Å². The highest BCUT2D eigenvalue weighted by atomic mass is 35.5. The van der Waals surface area contributed by atoms with E-state index in [1.807, 2.05) is 12.1 Å². The first-order valence-corrected chi connectivity index (χ1v) is 25.6. The molecule has 0 unspecified atom stereocenters. The second-order valence-corrected chi connectivity index (χ2v) is 21.1. The Kier molecular flexibility index (Phi) is 22.2. The van der Waals surface area contributed by atoms with E-state index in [-0.39, 0.29) is 0 Å². The first-order chi connectivity index (χ1) is 30.4. The van der Waals surface area contributed by atoms with Crippen LogP contribution in [-0.2, 0) is 25.9 Å². The lowest BCUT2D eigenvalue weighted by atomic mass is 9.86. The van der Waals surface area contributed by atoms with Crippen LogP contribution in [0.3, 0.4) is 0 Å². The number of rotatable bonds is 12. The molecule has 0 N–H and O–H groups in total. The van der Waals surface area contributed by atoms with Gasteiger partial charge in [-0.3, -0.25) is 9.80 Å². The van der Waals surface area contributed by atoms with Crippen LogP contribution in [0.4, 0.5) is 0 Å². The van der Waals surface area contributed by atoms with E-state index in [0.717, 1.165) is 59.7 Å². The van der Waals surface area contributed by atoms with Crippen molar-refractivity contribution in [3.63, 3.8) is 0 Å². The Morgan fingerprint density at radius 2 is 0.778 bits per heavy atom. The lowest BCUT2D eigenvalue weighted by Gasteiger charge is -2.41. The molecule has 4 aromatic rings. The Labute approximate surface area is 391 Å². The van der Waals surface area contributed by atoms with Gasteiger partial charge in [0.2, 0.25) is 0 Å². The van der Waals surface area contributed by atoms with E-state index in [4.69, 9.17) is 11.6 Å². The van der Waals surface area contributed by atoms with Crippen molar-refractivity contribution in [1.82, 2.24) is 19.6 Å². The fraction of sp³-hybridized carbons (Fsp3) is 0.586. The fourth-order valence-corrected chi connectivity index (χ4v) is 10.00. The summed E-state index contributed by atoms with van der Waals surface area (Å²) in [6.07, 6.45) is 10.6. The predicted molar refractivity (Wildman–Crippen MR) is 273 cm³/mol. The molecule has 0 bridgehead atoms. The van der Waals surface area contributed by atoms with Crippen molar-refractivity contribution in [2.75, 3.05) is 52.4 Å². The second-order valence-electron chi connectivity index (χ2n) is 20.7. The molecule has 346 valence electrons. The monoisotopic (exact) mass is 875 g/mol. The average Bonchev–Trinajstić information content (AvgIpc) is 3.28. The van der Waals surface area contributed by atoms with Gasteiger partial charge in [0.25, 0.3) is 0 Å². The highest BCUT2D eigenvalue weighted by molar-refractivity contribution is 6.30. The summed E-state index contributed by atoms with van der Waals surface area (Å²) in [5.41, 5.74) is 5.82. The third-order valence-corrected chi connectivity index (χ3v) is 14.8. The SMILES string of the molecule is CC(C)C1CCN(Cc2ccccc2)CC1.CC(C)C1CN(Cc2ccccc2)C1.CC(C)N1CCC(Cc2ccc(Cl)cc2)CC1.CC(C)N1CCC(Cc2ccccc2)CC1. The van der Waals surface area contributed by atoms with Gasteiger partial charge in [-0.2, -0.15) is 0 Å². The van der Waals surface area contributed by atoms with Gasteiger partial charge in [0, 0.05) is 43.3 Å². The number of piperidine rings is 3. The summed E-state index contributed by atoms with van der Waals surface area (Å²) in [6, 6.07) is 42.2. The number of benzene rings is 4. The molecule has 4 aliphatic heterocycles. The van der Waals surface area contributed by atoms with Gasteiger partial charge >= 0.3 is 0 Å². The Morgan fingerprint density at radius 3 is 1.16 bits per heavy atom. The van der Waals surface area contributed by atoms with Gasteiger partial charge in [-0.1, -0.05) is 142 Å². The van der Waals surface area contributed by atoms with Crippen LogP contribution in [0.1, 0.15) is 116 Å². The summed E-state index contributed by atoms with van der Waals surface area (Å²) in [7, 11) is 0. The van der Waals surface area contributed by atoms with Gasteiger partial charge < -0.3 is 9.80 Å². The van der Waals surface area contributed by atoms with Crippen LogP contribution in [0.25, 0.3) is 0 Å². The molecule has 4 saturated heterocycles. The predicted octanol–water partition coefficient (Wildman–Crippen LogP) is 13.7. The topological polar surface area (TPSA) is 13.0 Å². The minimum absolute atomic E-state index is 0.700. The minimum atomic E-state index is 0.700. The van der Waals surface area contributed by atoms with Crippen molar-refractivity contribution in [1.29, 1.82) is 0 Å². The van der Waals surface area contributed by atoms with Gasteiger partial charge in [-0.15, -0.1) is 0 Å². The number of halogens is 1. The molecular formula is C58H87ClN4. The van der Waals surface area contributed by atoms with Crippen molar-refractivity contribution in [2.24, 2.45) is 35.5 Å². The maximum atomic E-state index is 5.90. The minimum Gasteiger partial charge on any atom is -0.301 e. The Morgan fingerprint density at radius 1 is 0.413 bits per heavy atom. The average molecular weight is 876 g/mol. The van der Waals surface area contributed by atoms with Crippen LogP contribution in [-0.4, -0.2) is 84.0 Å². The van der Waals surface area contributed by atoms with Crippen molar-refractivity contribution < 1.29 is 0 Å². The molecule has 4 fully saturated rings. The molecule has 8 rings (SSSR count). The maximum Gasteiger partial charge on any atom is 0.0406 e. The largest absolute Gasteiger partial charge is 0.301 e. The number of likely N-dealkylation sites (tertiary alicyclic amines) is 4. The molecule has 0 aromatic heterocycles. The zero-order valence-electron chi connectivity index (χ0n) is 41.0. The molecule has 4 aromatic carbocycles. The highest BCUT2D eigenvalue weighted by Crippen LogP contribution is 2.27. The molecule has 4 heterocycles. The summed E-state index contributed by atoms with van der Waals surface area (Å²) >= 11 is 5.90. The molecule has 0 spiro atoms. The van der Waals surface area contributed by atoms with Gasteiger partial charge in [-0.25, -0.2) is 0 Å². The molecule has 5 heteroatoms. The third kappa shape index (κ3) is 18.8. The van der Waals surface area contributed by atoms with E-state index >= 15 is 0 Å². The van der Waals surface area contributed by atoms with Gasteiger partial charge in [0.1, 0.15) is 0 Å². The zero-order valence-corrected chi connectivity index (χ0v) is 41.7. The highest BCUT2D eigenvalue weighted by Gasteiger charge is 2.28. The van der Waals surface area contributed by atoms with Crippen molar-refractivity contribution in [2.45, 2.75) is 132 Å². The quantitative estimate of drug-likeness (QED) is 0.141. The third-order valence-electron chi connectivity index (χ3n) is 14.6. The molecule has 0 saturated carbocycles. The van der Waals surface area contributed by atoms with Gasteiger partial charge in [0.15, 0.2) is 0 Å². The maximum absolute atomic E-state index is 5.90. The summed E-state index contributed by atoms with van der Waals surface area (Å²) in [5, 5.41) is 0.836. The summed E-state index contributed by atoms with van der Waals surface area (Å²) < 4.78 is 0. The van der Waals surface area contributed by atoms with Gasteiger partial charge in [-0.05, 0) is 188 Å². The van der Waals surface area contributed by atoms with Crippen LogP contribution < -0.4 is 0 Å². The normalized spacial score (nSPS) is 18.9. The second kappa shape index (κ2) is 27.5. The van der Waals surface area contributed by atoms with E-state index in [1.54, 1.807) is 0 Å². The Balaban J connectivity index is 0.000000159. The molecule has 0 amide bonds. The van der Waals surface area contributed by atoms with E-state index in [2.05, 4.69) is 178 Å². The summed E-state index contributed by atoms with van der Waals surface area (Å²) in [5.74, 6) is 5.34. The number of hydrogen-bond acceptors (Lipinski definition) is 4. The van der Waals surface area contributed by atoms with Crippen molar-refractivity contribution >= 4 is 11.6 Å². The van der Waals surface area contributed by atoms with E-state index in [1.165, 1.54) is 126 Å². The summed E-state index contributed by atoms with van der Waals surface area (Å²) in [6.45, 7) is 31.0. The van der Waals surface area contributed by atoms with Crippen LogP contribution in [0.15, 0.2) is 115 Å². The van der Waals surface area contributed by atoms with Crippen LogP contribution in [0.2, 0.25) is 5.02 Å². The van der Waals surface area contributed by atoms with Crippen LogP contribution in [0.5, 0.6) is 0 Å². The van der Waals surface area contributed by atoms with Crippen molar-refractivity contribution in [3.8, 4) is 0 Å². The lowest BCUT2D eigenvalue weighted by Crippen LogP contribution is -2.48. The Hall–Kier alpha value is -2.99. The first kappa shape index (κ1) is 51.0. The summed E-state index contributed by atoms with van der Waals surface area (Å²) in [4.78, 5) is 10.3. The molecule has 63 heavy (non-hydrogen) atoms. The smallest absolute Gasteiger partial charge is 0.0406 e. The molecule has 0 radical (unpaired) electrons. The molecule has 4 aliphatic rings. The van der Waals surface area contributed by atoms with E-state index < -0.39 is 0 Å². The molecule has 0 atom stereocenters. The number of nitrogens with zero attached hydrogens (tertiary/aromatic N) is 4. The van der Waals surface area contributed by atoms with Crippen LogP contribution >= 0.6 is 11.6 Å². The van der Waals surface area contributed by atoms with Crippen LogP contribution in [0, 0.1) is 35.5 Å². The fourth-order valence-electron chi connectivity index (χ4n) is 9.87. The lowest BCUT2D eigenvalue weighted by molar-refractivity contribution is 0.0614. The molecule has 0 aliphatic carbocycles. The molecule has 4 nitrogen and oxygen atoms in total. The van der Waals surface area contributed by atoms with Gasteiger partial charge in [0.05, 0.1) is 0 Å². The number of hydrogen-bond donors (Lipinski definition) is 0. The zero-order chi connectivity index (χ0) is 45.0. The van der Waals surface area contributed by atoms with E-state index in [0.29, 0.717) is 6.04 Å².